The average Bonchev–Trinajstić information content (AvgIpc) is 2.71. The molecule has 2 heteroatoms. The number of rotatable bonds is 21. The van der Waals surface area contributed by atoms with E-state index in [1.807, 2.05) is 0 Å². The Balaban J connectivity index is 3.76. The third-order valence-corrected chi connectivity index (χ3v) is 6.24. The fraction of sp³-hybridized carbons (Fsp3) is 0.962. The van der Waals surface area contributed by atoms with Crippen LogP contribution in [0.25, 0.3) is 0 Å². The number of hydrogen-bond acceptors (Lipinski definition) is 2. The monoisotopic (exact) mass is 396 g/mol. The molecule has 0 saturated carbocycles. The second-order valence-electron chi connectivity index (χ2n) is 8.83. The third kappa shape index (κ3) is 16.4. The van der Waals surface area contributed by atoms with Gasteiger partial charge in [-0.3, -0.25) is 4.79 Å². The minimum absolute atomic E-state index is 0.0606. The normalized spacial score (nSPS) is 13.4. The lowest BCUT2D eigenvalue weighted by Gasteiger charge is -2.18. The van der Waals surface area contributed by atoms with Crippen molar-refractivity contribution in [1.82, 2.24) is 0 Å². The molecule has 0 bridgehead atoms. The van der Waals surface area contributed by atoms with E-state index >= 15 is 0 Å². The number of carbonyl (C=O) groups excluding carboxylic acids is 1. The summed E-state index contributed by atoms with van der Waals surface area (Å²) in [7, 11) is 0. The Morgan fingerprint density at radius 1 is 0.607 bits per heavy atom. The fourth-order valence-corrected chi connectivity index (χ4v) is 3.95. The molecule has 0 rings (SSSR count). The van der Waals surface area contributed by atoms with E-state index in [9.17, 15) is 4.79 Å². The van der Waals surface area contributed by atoms with Crippen molar-refractivity contribution in [3.05, 3.63) is 0 Å². The molecule has 0 aromatic heterocycles. The molecule has 0 amide bonds. The van der Waals surface area contributed by atoms with Crippen molar-refractivity contribution < 1.29 is 9.53 Å². The SMILES string of the molecule is CCCCCCCCCCCCC(CC)C(=O)OCC(CC)CCCCCC. The van der Waals surface area contributed by atoms with Gasteiger partial charge in [-0.1, -0.05) is 124 Å². The Morgan fingerprint density at radius 2 is 1.07 bits per heavy atom. The predicted octanol–water partition coefficient (Wildman–Crippen LogP) is 8.86. The molecular weight excluding hydrogens is 344 g/mol. The molecule has 0 aliphatic carbocycles. The van der Waals surface area contributed by atoms with E-state index in [4.69, 9.17) is 4.74 Å². The molecule has 0 aliphatic heterocycles. The molecule has 2 nitrogen and oxygen atoms in total. The van der Waals surface area contributed by atoms with Crippen molar-refractivity contribution in [2.45, 2.75) is 143 Å². The molecule has 2 unspecified atom stereocenters. The molecule has 0 heterocycles. The van der Waals surface area contributed by atoms with Crippen LogP contribution in [0.4, 0.5) is 0 Å². The van der Waals surface area contributed by atoms with E-state index in [2.05, 4.69) is 27.7 Å². The van der Waals surface area contributed by atoms with Gasteiger partial charge in [0.1, 0.15) is 0 Å². The molecule has 0 aromatic rings. The van der Waals surface area contributed by atoms with Crippen molar-refractivity contribution >= 4 is 5.97 Å². The molecule has 0 aromatic carbocycles. The van der Waals surface area contributed by atoms with Crippen molar-refractivity contribution in [1.29, 1.82) is 0 Å². The summed E-state index contributed by atoms with van der Waals surface area (Å²) in [5.41, 5.74) is 0. The zero-order valence-electron chi connectivity index (χ0n) is 19.9. The van der Waals surface area contributed by atoms with Gasteiger partial charge in [-0.25, -0.2) is 0 Å². The Labute approximate surface area is 177 Å². The molecule has 2 atom stereocenters. The van der Waals surface area contributed by atoms with Gasteiger partial charge in [0.25, 0.3) is 0 Å². The predicted molar refractivity (Wildman–Crippen MR) is 124 cm³/mol. The first kappa shape index (κ1) is 27.5. The van der Waals surface area contributed by atoms with E-state index in [0.717, 1.165) is 19.3 Å². The van der Waals surface area contributed by atoms with Crippen LogP contribution in [0, 0.1) is 11.8 Å². The first-order chi connectivity index (χ1) is 13.7. The standard InChI is InChI=1S/C26H52O2/c1-5-9-11-13-14-15-16-17-18-20-22-25(8-4)26(27)28-23-24(7-3)21-19-12-10-6-2/h24-25H,5-23H2,1-4H3. The Kier molecular flexibility index (Phi) is 20.8. The van der Waals surface area contributed by atoms with Gasteiger partial charge in [0.05, 0.1) is 12.5 Å². The van der Waals surface area contributed by atoms with Crippen molar-refractivity contribution in [2.24, 2.45) is 11.8 Å². The van der Waals surface area contributed by atoms with Crippen molar-refractivity contribution in [3.63, 3.8) is 0 Å². The molecule has 0 radical (unpaired) electrons. The van der Waals surface area contributed by atoms with Gasteiger partial charge < -0.3 is 4.74 Å². The van der Waals surface area contributed by atoms with Gasteiger partial charge in [0.2, 0.25) is 0 Å². The summed E-state index contributed by atoms with van der Waals surface area (Å²) in [6, 6.07) is 0. The highest BCUT2D eigenvalue weighted by molar-refractivity contribution is 5.72. The maximum absolute atomic E-state index is 12.4. The lowest BCUT2D eigenvalue weighted by Crippen LogP contribution is -2.21. The topological polar surface area (TPSA) is 26.3 Å². The summed E-state index contributed by atoms with van der Waals surface area (Å²) in [5.74, 6) is 0.729. The Morgan fingerprint density at radius 3 is 1.57 bits per heavy atom. The zero-order valence-corrected chi connectivity index (χ0v) is 19.9. The second kappa shape index (κ2) is 21.2. The van der Waals surface area contributed by atoms with Crippen LogP contribution in [0.3, 0.4) is 0 Å². The lowest BCUT2D eigenvalue weighted by molar-refractivity contribution is -0.150. The van der Waals surface area contributed by atoms with Crippen LogP contribution < -0.4 is 0 Å². The Hall–Kier alpha value is -0.530. The quantitative estimate of drug-likeness (QED) is 0.143. The number of unbranched alkanes of at least 4 members (excludes halogenated alkanes) is 12. The van der Waals surface area contributed by atoms with Crippen molar-refractivity contribution in [3.8, 4) is 0 Å². The second-order valence-corrected chi connectivity index (χ2v) is 8.83. The summed E-state index contributed by atoms with van der Waals surface area (Å²) < 4.78 is 5.71. The highest BCUT2D eigenvalue weighted by Gasteiger charge is 2.19. The van der Waals surface area contributed by atoms with Crippen LogP contribution in [-0.4, -0.2) is 12.6 Å². The molecule has 0 saturated heterocycles. The highest BCUT2D eigenvalue weighted by Crippen LogP contribution is 2.19. The minimum Gasteiger partial charge on any atom is -0.465 e. The van der Waals surface area contributed by atoms with Gasteiger partial charge >= 0.3 is 5.97 Å². The van der Waals surface area contributed by atoms with Gasteiger partial charge in [-0.15, -0.1) is 0 Å². The Bertz CT molecular complexity index is 326. The van der Waals surface area contributed by atoms with Crippen LogP contribution >= 0.6 is 0 Å². The smallest absolute Gasteiger partial charge is 0.308 e. The fourth-order valence-electron chi connectivity index (χ4n) is 3.95. The van der Waals surface area contributed by atoms with E-state index < -0.39 is 0 Å². The number of esters is 1. The molecule has 0 spiro atoms. The van der Waals surface area contributed by atoms with Gasteiger partial charge in [0.15, 0.2) is 0 Å². The summed E-state index contributed by atoms with van der Waals surface area (Å²) in [4.78, 5) is 12.4. The van der Waals surface area contributed by atoms with Gasteiger partial charge in [-0.2, -0.15) is 0 Å². The van der Waals surface area contributed by atoms with Gasteiger partial charge in [0, 0.05) is 0 Å². The summed E-state index contributed by atoms with van der Waals surface area (Å²) in [6.45, 7) is 9.51. The van der Waals surface area contributed by atoms with Crippen LogP contribution in [0.1, 0.15) is 143 Å². The zero-order chi connectivity index (χ0) is 20.9. The molecule has 0 N–H and O–H groups in total. The molecule has 0 fully saturated rings. The summed E-state index contributed by atoms with van der Waals surface area (Å²) >= 11 is 0. The van der Waals surface area contributed by atoms with E-state index in [1.54, 1.807) is 0 Å². The maximum atomic E-state index is 12.4. The number of ether oxygens (including phenoxy) is 1. The van der Waals surface area contributed by atoms with E-state index in [0.29, 0.717) is 12.5 Å². The minimum atomic E-state index is 0.0606. The first-order valence-corrected chi connectivity index (χ1v) is 12.9. The average molecular weight is 397 g/mol. The third-order valence-electron chi connectivity index (χ3n) is 6.24. The number of hydrogen-bond donors (Lipinski definition) is 0. The molecular formula is C26H52O2. The van der Waals surface area contributed by atoms with E-state index in [1.165, 1.54) is 96.3 Å². The molecule has 28 heavy (non-hydrogen) atoms. The molecule has 0 aliphatic rings. The van der Waals surface area contributed by atoms with Crippen LogP contribution in [0.15, 0.2) is 0 Å². The van der Waals surface area contributed by atoms with Crippen LogP contribution in [-0.2, 0) is 9.53 Å². The highest BCUT2D eigenvalue weighted by atomic mass is 16.5. The van der Waals surface area contributed by atoms with Gasteiger partial charge in [-0.05, 0) is 25.2 Å². The van der Waals surface area contributed by atoms with Crippen LogP contribution in [0.5, 0.6) is 0 Å². The number of carbonyl (C=O) groups is 1. The van der Waals surface area contributed by atoms with Crippen molar-refractivity contribution in [2.75, 3.05) is 6.61 Å². The maximum Gasteiger partial charge on any atom is 0.308 e. The van der Waals surface area contributed by atoms with E-state index in [-0.39, 0.29) is 11.9 Å². The lowest BCUT2D eigenvalue weighted by atomic mass is 9.97. The first-order valence-electron chi connectivity index (χ1n) is 12.9. The van der Waals surface area contributed by atoms with Crippen LogP contribution in [0.2, 0.25) is 0 Å². The summed E-state index contributed by atoms with van der Waals surface area (Å²) in [5, 5.41) is 0. The summed E-state index contributed by atoms with van der Waals surface area (Å²) in [6.07, 6.45) is 22.9. The largest absolute Gasteiger partial charge is 0.465 e. The molecule has 168 valence electrons.